The molecule has 6 heteroatoms. The summed E-state index contributed by atoms with van der Waals surface area (Å²) >= 11 is 0. The first-order valence-electron chi connectivity index (χ1n) is 8.49. The van der Waals surface area contributed by atoms with Gasteiger partial charge in [0.2, 0.25) is 0 Å². The highest BCUT2D eigenvalue weighted by Crippen LogP contribution is 2.33. The molecule has 0 aliphatic carbocycles. The molecule has 1 amide bonds. The molecule has 0 aliphatic rings. The Hall–Kier alpha value is -3.54. The van der Waals surface area contributed by atoms with Crippen molar-refractivity contribution < 1.29 is 14.3 Å². The third kappa shape index (κ3) is 2.75. The number of carbonyl (C=O) groups excluding carboxylic acids is 1. The van der Waals surface area contributed by atoms with Gasteiger partial charge in [-0.25, -0.2) is 0 Å². The van der Waals surface area contributed by atoms with E-state index in [4.69, 9.17) is 15.2 Å². The van der Waals surface area contributed by atoms with Crippen LogP contribution < -0.4 is 15.2 Å². The Morgan fingerprint density at radius 3 is 2.56 bits per heavy atom. The number of ether oxygens (including phenoxy) is 2. The van der Waals surface area contributed by atoms with Crippen molar-refractivity contribution in [2.45, 2.75) is 6.92 Å². The first-order valence-corrected chi connectivity index (χ1v) is 8.49. The van der Waals surface area contributed by atoms with Crippen LogP contribution in [0.25, 0.3) is 21.8 Å². The number of amides is 1. The van der Waals surface area contributed by atoms with Gasteiger partial charge < -0.3 is 19.8 Å². The fourth-order valence-corrected chi connectivity index (χ4v) is 3.36. The first kappa shape index (κ1) is 16.9. The summed E-state index contributed by atoms with van der Waals surface area (Å²) in [4.78, 5) is 16.2. The van der Waals surface area contributed by atoms with Gasteiger partial charge in [0.05, 0.1) is 23.7 Å². The van der Waals surface area contributed by atoms with Gasteiger partial charge in [0.1, 0.15) is 17.2 Å². The number of nitrogens with zero attached hydrogens (tertiary/aromatic N) is 2. The lowest BCUT2D eigenvalue weighted by molar-refractivity contribution is 0.100. The monoisotopic (exact) mass is 361 g/mol. The number of nitrogens with two attached hydrogens (primary N) is 1. The molecule has 0 saturated heterocycles. The van der Waals surface area contributed by atoms with Crippen LogP contribution in [0.1, 0.15) is 16.1 Å². The number of hydrogen-bond acceptors (Lipinski definition) is 4. The Balaban J connectivity index is 1.79. The van der Waals surface area contributed by atoms with Crippen LogP contribution in [-0.2, 0) is 7.05 Å². The Bertz CT molecular complexity index is 1190. The van der Waals surface area contributed by atoms with E-state index in [9.17, 15) is 4.79 Å². The number of aromatic nitrogens is 2. The Labute approximate surface area is 156 Å². The lowest BCUT2D eigenvalue weighted by Gasteiger charge is -2.10. The standard InChI is InChI=1S/C21H19N3O3/c1-12-20(21(22)25)16-7-5-14(11-18(16)24(12)2)27-19-8-9-23-17-10-13(26-3)4-6-15(17)19/h4-11H,1-3H3,(H2,22,25). The van der Waals surface area contributed by atoms with Gasteiger partial charge in [-0.05, 0) is 37.3 Å². The van der Waals surface area contributed by atoms with E-state index in [1.54, 1.807) is 13.3 Å². The number of pyridine rings is 1. The largest absolute Gasteiger partial charge is 0.497 e. The summed E-state index contributed by atoms with van der Waals surface area (Å²) < 4.78 is 13.3. The predicted octanol–water partition coefficient (Wildman–Crippen LogP) is 3.93. The Morgan fingerprint density at radius 2 is 1.81 bits per heavy atom. The highest BCUT2D eigenvalue weighted by Gasteiger charge is 2.17. The van der Waals surface area contributed by atoms with Gasteiger partial charge in [-0.2, -0.15) is 0 Å². The zero-order chi connectivity index (χ0) is 19.1. The summed E-state index contributed by atoms with van der Waals surface area (Å²) in [6, 6.07) is 13.1. The fraction of sp³-hybridized carbons (Fsp3) is 0.143. The van der Waals surface area contributed by atoms with E-state index >= 15 is 0 Å². The summed E-state index contributed by atoms with van der Waals surface area (Å²) in [5.41, 5.74) is 8.59. The lowest BCUT2D eigenvalue weighted by Crippen LogP contribution is -2.12. The second kappa shape index (κ2) is 6.32. The first-order chi connectivity index (χ1) is 13.0. The topological polar surface area (TPSA) is 79.4 Å². The van der Waals surface area contributed by atoms with E-state index in [0.717, 1.165) is 33.2 Å². The molecule has 2 heterocycles. The van der Waals surface area contributed by atoms with Crippen molar-refractivity contribution in [2.75, 3.05) is 7.11 Å². The highest BCUT2D eigenvalue weighted by atomic mass is 16.5. The van der Waals surface area contributed by atoms with Crippen LogP contribution in [0.2, 0.25) is 0 Å². The summed E-state index contributed by atoms with van der Waals surface area (Å²) in [6.07, 6.45) is 1.70. The minimum atomic E-state index is -0.430. The summed E-state index contributed by atoms with van der Waals surface area (Å²) in [6.45, 7) is 1.88. The molecule has 136 valence electrons. The van der Waals surface area contributed by atoms with Gasteiger partial charge in [-0.3, -0.25) is 9.78 Å². The van der Waals surface area contributed by atoms with Gasteiger partial charge in [0, 0.05) is 41.8 Å². The van der Waals surface area contributed by atoms with Crippen LogP contribution in [0, 0.1) is 6.92 Å². The zero-order valence-corrected chi connectivity index (χ0v) is 15.3. The number of fused-ring (bicyclic) bond motifs is 2. The molecule has 0 unspecified atom stereocenters. The molecule has 4 aromatic rings. The number of hydrogen-bond donors (Lipinski definition) is 1. The molecular weight excluding hydrogens is 342 g/mol. The van der Waals surface area contributed by atoms with Crippen molar-refractivity contribution in [1.82, 2.24) is 9.55 Å². The number of primary amides is 1. The van der Waals surface area contributed by atoms with Gasteiger partial charge in [-0.1, -0.05) is 0 Å². The summed E-state index contributed by atoms with van der Waals surface area (Å²) in [5.74, 6) is 1.68. The van der Waals surface area contributed by atoms with E-state index < -0.39 is 5.91 Å². The number of benzene rings is 2. The zero-order valence-electron chi connectivity index (χ0n) is 15.3. The van der Waals surface area contributed by atoms with Crippen LogP contribution in [0.4, 0.5) is 0 Å². The van der Waals surface area contributed by atoms with Crippen molar-refractivity contribution in [3.63, 3.8) is 0 Å². The minimum Gasteiger partial charge on any atom is -0.497 e. The van der Waals surface area contributed by atoms with Crippen molar-refractivity contribution in [3.8, 4) is 17.2 Å². The third-order valence-electron chi connectivity index (χ3n) is 4.85. The molecule has 0 radical (unpaired) electrons. The molecule has 0 fully saturated rings. The Morgan fingerprint density at radius 1 is 1.07 bits per heavy atom. The van der Waals surface area contributed by atoms with Gasteiger partial charge in [0.25, 0.3) is 5.91 Å². The quantitative estimate of drug-likeness (QED) is 0.597. The summed E-state index contributed by atoms with van der Waals surface area (Å²) in [7, 11) is 3.53. The van der Waals surface area contributed by atoms with Crippen LogP contribution in [-0.4, -0.2) is 22.6 Å². The molecule has 0 atom stereocenters. The normalized spacial score (nSPS) is 11.1. The van der Waals surface area contributed by atoms with Crippen molar-refractivity contribution >= 4 is 27.7 Å². The lowest BCUT2D eigenvalue weighted by atomic mass is 10.1. The molecule has 6 nitrogen and oxygen atoms in total. The van der Waals surface area contributed by atoms with E-state index in [1.165, 1.54) is 0 Å². The average Bonchev–Trinajstić information content (AvgIpc) is 2.92. The van der Waals surface area contributed by atoms with Crippen LogP contribution in [0.15, 0.2) is 48.7 Å². The molecule has 4 rings (SSSR count). The molecule has 2 aromatic heterocycles. The maximum Gasteiger partial charge on any atom is 0.251 e. The number of methoxy groups -OCH3 is 1. The second-order valence-corrected chi connectivity index (χ2v) is 6.36. The molecule has 27 heavy (non-hydrogen) atoms. The van der Waals surface area contributed by atoms with Crippen LogP contribution in [0.5, 0.6) is 17.2 Å². The maximum absolute atomic E-state index is 11.8. The SMILES string of the molecule is COc1ccc2c(Oc3ccc4c(C(N)=O)c(C)n(C)c4c3)ccnc2c1. The van der Waals surface area contributed by atoms with Crippen molar-refractivity contribution in [1.29, 1.82) is 0 Å². The second-order valence-electron chi connectivity index (χ2n) is 6.36. The Kier molecular flexibility index (Phi) is 3.96. The summed E-state index contributed by atoms with van der Waals surface area (Å²) in [5, 5.41) is 1.71. The average molecular weight is 361 g/mol. The molecule has 0 spiro atoms. The molecule has 2 aromatic carbocycles. The molecular formula is C21H19N3O3. The predicted molar refractivity (Wildman–Crippen MR) is 105 cm³/mol. The molecule has 0 saturated carbocycles. The van der Waals surface area contributed by atoms with Gasteiger partial charge >= 0.3 is 0 Å². The van der Waals surface area contributed by atoms with Crippen molar-refractivity contribution in [3.05, 3.63) is 59.9 Å². The number of carbonyl (C=O) groups is 1. The molecule has 0 bridgehead atoms. The number of aryl methyl sites for hydroxylation is 1. The minimum absolute atomic E-state index is 0.430. The van der Waals surface area contributed by atoms with E-state index in [2.05, 4.69) is 4.98 Å². The van der Waals surface area contributed by atoms with E-state index in [1.807, 2.05) is 61.0 Å². The number of rotatable bonds is 4. The van der Waals surface area contributed by atoms with Gasteiger partial charge in [0.15, 0.2) is 0 Å². The third-order valence-corrected chi connectivity index (χ3v) is 4.85. The molecule has 0 aliphatic heterocycles. The van der Waals surface area contributed by atoms with Crippen LogP contribution >= 0.6 is 0 Å². The van der Waals surface area contributed by atoms with Crippen LogP contribution in [0.3, 0.4) is 0 Å². The highest BCUT2D eigenvalue weighted by molar-refractivity contribution is 6.08. The smallest absolute Gasteiger partial charge is 0.251 e. The van der Waals surface area contributed by atoms with Gasteiger partial charge in [-0.15, -0.1) is 0 Å². The van der Waals surface area contributed by atoms with E-state index in [-0.39, 0.29) is 0 Å². The van der Waals surface area contributed by atoms with Crippen molar-refractivity contribution in [2.24, 2.45) is 12.8 Å². The molecule has 2 N–H and O–H groups in total. The maximum atomic E-state index is 11.8. The van der Waals surface area contributed by atoms with E-state index in [0.29, 0.717) is 17.1 Å². The fourth-order valence-electron chi connectivity index (χ4n) is 3.36.